The number of halogens is 4. The van der Waals surface area contributed by atoms with Gasteiger partial charge in [-0.3, -0.25) is 24.3 Å². The number of likely N-dealkylation sites (N-methyl/N-ethyl adjacent to an activating group) is 1. The number of piperazine rings is 1. The first kappa shape index (κ1) is 34.3. The lowest BCUT2D eigenvalue weighted by molar-refractivity contribution is -0.137. The zero-order chi connectivity index (χ0) is 35.4. The predicted octanol–water partition coefficient (Wildman–Crippen LogP) is 5.48. The Morgan fingerprint density at radius 2 is 1.68 bits per heavy atom. The summed E-state index contributed by atoms with van der Waals surface area (Å²) in [6.45, 7) is 5.88. The van der Waals surface area contributed by atoms with Crippen molar-refractivity contribution in [2.75, 3.05) is 56.3 Å². The van der Waals surface area contributed by atoms with Crippen LogP contribution in [0.5, 0.6) is 23.1 Å². The summed E-state index contributed by atoms with van der Waals surface area (Å²) in [5, 5.41) is 2.33. The van der Waals surface area contributed by atoms with Crippen molar-refractivity contribution in [1.29, 1.82) is 0 Å². The Morgan fingerprint density at radius 3 is 2.36 bits per heavy atom. The second-order valence-electron chi connectivity index (χ2n) is 11.7. The summed E-state index contributed by atoms with van der Waals surface area (Å²) in [5.74, 6) is -0.423. The van der Waals surface area contributed by atoms with E-state index in [1.807, 2.05) is 25.1 Å². The van der Waals surface area contributed by atoms with Crippen LogP contribution in [0.2, 0.25) is 0 Å². The molecule has 2 aliphatic rings. The molecule has 0 bridgehead atoms. The number of aromatic nitrogens is 1. The number of alkyl halides is 3. The number of ether oxygens (including phenoxy) is 3. The number of nitrogens with one attached hydrogen (secondary N) is 2. The van der Waals surface area contributed by atoms with E-state index in [0.29, 0.717) is 38.4 Å². The second-order valence-corrected chi connectivity index (χ2v) is 11.7. The predicted molar refractivity (Wildman–Crippen MR) is 175 cm³/mol. The van der Waals surface area contributed by atoms with Crippen LogP contribution in [-0.4, -0.2) is 72.7 Å². The van der Waals surface area contributed by atoms with Gasteiger partial charge in [-0.15, -0.1) is 0 Å². The molecule has 11 nitrogen and oxygen atoms in total. The van der Waals surface area contributed by atoms with E-state index in [2.05, 4.69) is 15.2 Å². The number of rotatable bonds is 10. The van der Waals surface area contributed by atoms with Gasteiger partial charge in [0.05, 0.1) is 12.1 Å². The van der Waals surface area contributed by atoms with E-state index in [1.165, 1.54) is 24.3 Å². The van der Waals surface area contributed by atoms with Crippen LogP contribution in [0.15, 0.2) is 77.6 Å². The van der Waals surface area contributed by atoms with Crippen molar-refractivity contribution in [3.8, 4) is 23.1 Å². The van der Waals surface area contributed by atoms with Gasteiger partial charge in [-0.05, 0) is 67.1 Å². The smallest absolute Gasteiger partial charge is 0.416 e. The Balaban J connectivity index is 1.01. The molecular weight excluding hydrogens is 662 g/mol. The van der Waals surface area contributed by atoms with Crippen LogP contribution in [0.3, 0.4) is 0 Å². The third kappa shape index (κ3) is 8.00. The van der Waals surface area contributed by atoms with Gasteiger partial charge in [0.2, 0.25) is 18.6 Å². The SMILES string of the molecule is CCN(CC(=O)N1CCN(Cc2ccc3c(c2)OCO3)CC1)c1ccc(Oc2ccc(NC(=O)c3ccc(C(F)(F)F)cc3)c(=O)[nH]2)c(F)c1. The molecule has 0 atom stereocenters. The van der Waals surface area contributed by atoms with Crippen LogP contribution >= 0.6 is 0 Å². The first-order valence-electron chi connectivity index (χ1n) is 15.8. The average Bonchev–Trinajstić information content (AvgIpc) is 3.57. The number of H-pyrrole nitrogens is 1. The zero-order valence-corrected chi connectivity index (χ0v) is 26.9. The topological polar surface area (TPSA) is 116 Å². The fraction of sp³-hybridized carbons (Fsp3) is 0.286. The molecule has 1 fully saturated rings. The minimum Gasteiger partial charge on any atom is -0.454 e. The summed E-state index contributed by atoms with van der Waals surface area (Å²) in [4.78, 5) is 46.5. The summed E-state index contributed by atoms with van der Waals surface area (Å²) in [7, 11) is 0. The van der Waals surface area contributed by atoms with Crippen LogP contribution in [0.4, 0.5) is 28.9 Å². The van der Waals surface area contributed by atoms with E-state index in [-0.39, 0.29) is 42.1 Å². The average molecular weight is 696 g/mol. The first-order chi connectivity index (χ1) is 24.0. The standard InChI is InChI=1S/C35H33F4N5O6/c1-2-43(20-32(45)44-15-13-42(14-16-44)19-22-3-10-29-30(17-22)49-21-48-29)25-8-11-28(26(36)18-25)50-31-12-9-27(34(47)41-31)40-33(46)23-4-6-24(7-5-23)35(37,38)39/h3-12,17-18H,2,13-16,19-21H2,1H3,(H,40,46)(H,41,47). The zero-order valence-electron chi connectivity index (χ0n) is 26.9. The summed E-state index contributed by atoms with van der Waals surface area (Å²) < 4.78 is 70.0. The normalized spacial score (nSPS) is 14.4. The molecule has 0 unspecified atom stereocenters. The molecular formula is C35H33F4N5O6. The summed E-state index contributed by atoms with van der Waals surface area (Å²) in [6, 6.07) is 16.2. The van der Waals surface area contributed by atoms with E-state index in [9.17, 15) is 27.6 Å². The van der Waals surface area contributed by atoms with Crippen molar-refractivity contribution < 1.29 is 41.4 Å². The second kappa shape index (κ2) is 14.5. The molecule has 0 spiro atoms. The maximum atomic E-state index is 15.2. The maximum absolute atomic E-state index is 15.2. The lowest BCUT2D eigenvalue weighted by Gasteiger charge is -2.36. The van der Waals surface area contributed by atoms with Crippen LogP contribution in [0.25, 0.3) is 0 Å². The lowest BCUT2D eigenvalue weighted by atomic mass is 10.1. The van der Waals surface area contributed by atoms with Gasteiger partial charge >= 0.3 is 6.18 Å². The van der Waals surface area contributed by atoms with E-state index in [0.717, 1.165) is 47.9 Å². The molecule has 3 aromatic carbocycles. The Kier molecular flexibility index (Phi) is 9.95. The van der Waals surface area contributed by atoms with Crippen molar-refractivity contribution >= 4 is 23.2 Å². The minimum atomic E-state index is -4.55. The number of fused-ring (bicyclic) bond motifs is 1. The highest BCUT2D eigenvalue weighted by Gasteiger charge is 2.30. The molecule has 15 heteroatoms. The van der Waals surface area contributed by atoms with Gasteiger partial charge in [0, 0.05) is 62.7 Å². The number of hydrogen-bond donors (Lipinski definition) is 2. The number of carbonyl (C=O) groups is 2. The number of anilines is 2. The Morgan fingerprint density at radius 1 is 0.940 bits per heavy atom. The number of carbonyl (C=O) groups excluding carboxylic acids is 2. The molecule has 6 rings (SSSR count). The van der Waals surface area contributed by atoms with Gasteiger partial charge in [-0.2, -0.15) is 13.2 Å². The largest absolute Gasteiger partial charge is 0.454 e. The molecule has 0 saturated carbocycles. The third-order valence-corrected chi connectivity index (χ3v) is 8.38. The lowest BCUT2D eigenvalue weighted by Crippen LogP contribution is -2.51. The van der Waals surface area contributed by atoms with Crippen molar-refractivity contribution in [1.82, 2.24) is 14.8 Å². The molecule has 4 aromatic rings. The van der Waals surface area contributed by atoms with Crippen molar-refractivity contribution in [3.63, 3.8) is 0 Å². The summed E-state index contributed by atoms with van der Waals surface area (Å²) >= 11 is 0. The molecule has 2 N–H and O–H groups in total. The van der Waals surface area contributed by atoms with Crippen molar-refractivity contribution in [3.05, 3.63) is 106 Å². The number of nitrogens with zero attached hydrogens (tertiary/aromatic N) is 3. The van der Waals surface area contributed by atoms with E-state index >= 15 is 4.39 Å². The number of pyridine rings is 1. The molecule has 0 radical (unpaired) electrons. The Labute approximate surface area is 284 Å². The van der Waals surface area contributed by atoms with Crippen LogP contribution in [-0.2, 0) is 17.5 Å². The summed E-state index contributed by atoms with van der Waals surface area (Å²) in [5.41, 5.74) is -0.380. The molecule has 3 heterocycles. The molecule has 1 saturated heterocycles. The van der Waals surface area contributed by atoms with Gasteiger partial charge in [0.25, 0.3) is 11.5 Å². The van der Waals surface area contributed by atoms with Crippen molar-refractivity contribution in [2.24, 2.45) is 0 Å². The minimum absolute atomic E-state index is 0.0608. The Hall–Kier alpha value is -5.57. The summed E-state index contributed by atoms with van der Waals surface area (Å²) in [6.07, 6.45) is -4.55. The Bertz CT molecular complexity index is 1930. The fourth-order valence-corrected chi connectivity index (χ4v) is 5.61. The van der Waals surface area contributed by atoms with E-state index < -0.39 is 29.0 Å². The highest BCUT2D eigenvalue weighted by atomic mass is 19.4. The van der Waals surface area contributed by atoms with Crippen LogP contribution in [0, 0.1) is 5.82 Å². The number of amides is 2. The fourth-order valence-electron chi connectivity index (χ4n) is 5.61. The van der Waals surface area contributed by atoms with E-state index in [4.69, 9.17) is 14.2 Å². The molecule has 2 amide bonds. The van der Waals surface area contributed by atoms with Gasteiger partial charge in [0.15, 0.2) is 23.1 Å². The number of aromatic amines is 1. The van der Waals surface area contributed by atoms with Gasteiger partial charge in [-0.25, -0.2) is 4.39 Å². The quantitative estimate of drug-likeness (QED) is 0.210. The highest BCUT2D eigenvalue weighted by molar-refractivity contribution is 6.04. The van der Waals surface area contributed by atoms with Gasteiger partial charge in [0.1, 0.15) is 5.69 Å². The molecule has 2 aliphatic heterocycles. The number of benzene rings is 3. The highest BCUT2D eigenvalue weighted by Crippen LogP contribution is 2.33. The number of hydrogen-bond acceptors (Lipinski definition) is 8. The van der Waals surface area contributed by atoms with Crippen molar-refractivity contribution in [2.45, 2.75) is 19.6 Å². The van der Waals surface area contributed by atoms with Gasteiger partial charge in [-0.1, -0.05) is 6.07 Å². The van der Waals surface area contributed by atoms with Crippen LogP contribution in [0.1, 0.15) is 28.4 Å². The monoisotopic (exact) mass is 695 g/mol. The maximum Gasteiger partial charge on any atom is 0.416 e. The molecule has 262 valence electrons. The molecule has 50 heavy (non-hydrogen) atoms. The third-order valence-electron chi connectivity index (χ3n) is 8.38. The molecule has 0 aliphatic carbocycles. The first-order valence-corrected chi connectivity index (χ1v) is 15.8. The van der Waals surface area contributed by atoms with E-state index in [1.54, 1.807) is 15.9 Å². The van der Waals surface area contributed by atoms with Gasteiger partial charge < -0.3 is 29.3 Å². The molecule has 1 aromatic heterocycles. The van der Waals surface area contributed by atoms with Crippen LogP contribution < -0.4 is 30.0 Å².